The van der Waals surface area contributed by atoms with Crippen molar-refractivity contribution < 1.29 is 14.7 Å². The smallest absolute Gasteiger partial charge is 0.323 e. The number of aromatic nitrogens is 1. The highest BCUT2D eigenvalue weighted by Crippen LogP contribution is 2.37. The first-order chi connectivity index (χ1) is 27.0. The van der Waals surface area contributed by atoms with Gasteiger partial charge in [0.15, 0.2) is 0 Å². The van der Waals surface area contributed by atoms with Crippen molar-refractivity contribution in [3.8, 4) is 0 Å². The third-order valence-electron chi connectivity index (χ3n) is 10.2. The lowest BCUT2D eigenvalue weighted by molar-refractivity contribution is -0.137. The first kappa shape index (κ1) is 39.0. The predicted octanol–water partition coefficient (Wildman–Crippen LogP) is 8.70. The van der Waals surface area contributed by atoms with Gasteiger partial charge in [0.2, 0.25) is 0 Å². The molecule has 1 N–H and O–H groups in total. The summed E-state index contributed by atoms with van der Waals surface area (Å²) in [6.45, 7) is 8.27. The number of carboxylic acids is 1. The van der Waals surface area contributed by atoms with Gasteiger partial charge in [0.05, 0.1) is 4.53 Å². The van der Waals surface area contributed by atoms with Crippen molar-refractivity contribution in [1.82, 2.24) is 9.47 Å². The van der Waals surface area contributed by atoms with E-state index in [4.69, 9.17) is 12.2 Å². The number of allylic oxidation sites excluding steroid dienone is 9. The minimum absolute atomic E-state index is 0.278. The highest BCUT2D eigenvalue weighted by molar-refractivity contribution is 8.30. The van der Waals surface area contributed by atoms with Gasteiger partial charge in [-0.15, -0.1) is 11.3 Å². The van der Waals surface area contributed by atoms with Crippen molar-refractivity contribution in [3.05, 3.63) is 168 Å². The van der Waals surface area contributed by atoms with Crippen LogP contribution in [0.2, 0.25) is 0 Å². The van der Waals surface area contributed by atoms with Crippen LogP contribution < -0.4 is 19.7 Å². The Balaban J connectivity index is 1.26. The Bertz CT molecular complexity index is 2550. The SMILES string of the molecule is CCN1C(=O)/C(=c2/s/c(=C/c3ccc(/C(=C(\C)c4ccc(N(C5=CC=C(C)CC5)C5=CC=CC(C)C5)cc4)c4ccccc4)cc3)c(=O)n2CC(=O)O)SC1=S. The third-order valence-corrected chi connectivity index (χ3v) is 12.9. The predicted molar refractivity (Wildman–Crippen MR) is 235 cm³/mol. The lowest BCUT2D eigenvalue weighted by Crippen LogP contribution is -2.35. The normalized spacial score (nSPS) is 18.8. The molecular formula is C46H43N3O4S3. The maximum Gasteiger partial charge on any atom is 0.323 e. The number of nitrogens with zero attached hydrogens (tertiary/aromatic N) is 3. The summed E-state index contributed by atoms with van der Waals surface area (Å²) in [4.78, 5) is 42.7. The Hall–Kier alpha value is -5.29. The molecule has 4 aromatic rings. The van der Waals surface area contributed by atoms with Crippen LogP contribution in [0.15, 0.2) is 131 Å². The summed E-state index contributed by atoms with van der Waals surface area (Å²) in [5.41, 5.74) is 10.9. The Morgan fingerprint density at radius 1 is 0.929 bits per heavy atom. The van der Waals surface area contributed by atoms with E-state index in [-0.39, 0.29) is 10.8 Å². The monoisotopic (exact) mass is 797 g/mol. The van der Waals surface area contributed by atoms with Gasteiger partial charge < -0.3 is 10.0 Å². The molecule has 3 aliphatic rings. The van der Waals surface area contributed by atoms with E-state index in [0.717, 1.165) is 86.0 Å². The number of carboxylic acid groups (broad SMARTS) is 1. The molecule has 1 aliphatic heterocycles. The Kier molecular flexibility index (Phi) is 11.7. The van der Waals surface area contributed by atoms with E-state index in [9.17, 15) is 19.5 Å². The molecule has 1 fully saturated rings. The maximum absolute atomic E-state index is 13.6. The topological polar surface area (TPSA) is 82.9 Å². The molecule has 1 saturated heterocycles. The Morgan fingerprint density at radius 2 is 1.62 bits per heavy atom. The van der Waals surface area contributed by atoms with E-state index in [1.165, 1.54) is 21.9 Å². The molecule has 10 heteroatoms. The lowest BCUT2D eigenvalue weighted by Gasteiger charge is -2.33. The maximum atomic E-state index is 13.6. The zero-order valence-electron chi connectivity index (χ0n) is 31.8. The zero-order valence-corrected chi connectivity index (χ0v) is 34.3. The molecule has 2 heterocycles. The fraction of sp³-hybridized carbons (Fsp3) is 0.217. The molecule has 0 bridgehead atoms. The fourth-order valence-electron chi connectivity index (χ4n) is 7.29. The first-order valence-corrected chi connectivity index (χ1v) is 20.8. The van der Waals surface area contributed by atoms with Crippen LogP contribution in [0.5, 0.6) is 0 Å². The zero-order chi connectivity index (χ0) is 39.5. The average Bonchev–Trinajstić information content (AvgIpc) is 3.65. The van der Waals surface area contributed by atoms with E-state index in [0.29, 0.717) is 26.0 Å². The molecule has 0 spiro atoms. The van der Waals surface area contributed by atoms with E-state index in [2.05, 4.69) is 105 Å². The van der Waals surface area contributed by atoms with E-state index in [1.54, 1.807) is 6.08 Å². The number of thiocarbonyl (C=S) groups is 1. The van der Waals surface area contributed by atoms with Crippen molar-refractivity contribution >= 4 is 79.3 Å². The van der Waals surface area contributed by atoms with Crippen LogP contribution in [-0.2, 0) is 16.1 Å². The molecule has 1 amide bonds. The van der Waals surface area contributed by atoms with E-state index < -0.39 is 18.1 Å². The van der Waals surface area contributed by atoms with Crippen LogP contribution in [0.3, 0.4) is 0 Å². The molecule has 56 heavy (non-hydrogen) atoms. The minimum Gasteiger partial charge on any atom is -0.480 e. The molecule has 1 atom stereocenters. The number of thiazole rings is 1. The number of anilines is 1. The molecular weight excluding hydrogens is 755 g/mol. The van der Waals surface area contributed by atoms with Crippen LogP contribution in [-0.4, -0.2) is 37.3 Å². The summed E-state index contributed by atoms with van der Waals surface area (Å²) < 4.78 is 2.19. The summed E-state index contributed by atoms with van der Waals surface area (Å²) in [5.74, 6) is -1.01. The van der Waals surface area contributed by atoms with Gasteiger partial charge in [-0.1, -0.05) is 121 Å². The summed E-state index contributed by atoms with van der Waals surface area (Å²) in [6, 6.07) is 27.2. The molecule has 0 radical (unpaired) electrons. The molecule has 284 valence electrons. The van der Waals surface area contributed by atoms with Crippen molar-refractivity contribution in [2.24, 2.45) is 5.92 Å². The highest BCUT2D eigenvalue weighted by atomic mass is 32.2. The van der Waals surface area contributed by atoms with Gasteiger partial charge in [-0.25, -0.2) is 0 Å². The van der Waals surface area contributed by atoms with Gasteiger partial charge in [0, 0.05) is 23.6 Å². The minimum atomic E-state index is -1.17. The van der Waals surface area contributed by atoms with Crippen LogP contribution in [0.1, 0.15) is 69.2 Å². The van der Waals surface area contributed by atoms with Gasteiger partial charge in [-0.2, -0.15) is 0 Å². The van der Waals surface area contributed by atoms with Crippen LogP contribution in [0.25, 0.3) is 22.1 Å². The second-order valence-corrected chi connectivity index (χ2v) is 16.9. The number of amides is 1. The summed E-state index contributed by atoms with van der Waals surface area (Å²) >= 11 is 7.60. The Morgan fingerprint density at radius 3 is 2.25 bits per heavy atom. The highest BCUT2D eigenvalue weighted by Gasteiger charge is 2.33. The largest absolute Gasteiger partial charge is 0.480 e. The molecule has 2 aliphatic carbocycles. The van der Waals surface area contributed by atoms with Crippen LogP contribution >= 0.6 is 35.3 Å². The van der Waals surface area contributed by atoms with Crippen LogP contribution in [0.4, 0.5) is 5.69 Å². The van der Waals surface area contributed by atoms with E-state index in [1.807, 2.05) is 37.3 Å². The van der Waals surface area contributed by atoms with Gasteiger partial charge in [-0.05, 0) is 110 Å². The number of thioether (sulfide) groups is 1. The number of hydrogen-bond acceptors (Lipinski definition) is 7. The van der Waals surface area contributed by atoms with Gasteiger partial charge in [0.1, 0.15) is 20.4 Å². The van der Waals surface area contributed by atoms with E-state index >= 15 is 0 Å². The second kappa shape index (κ2) is 16.8. The molecule has 0 saturated carbocycles. The van der Waals surface area contributed by atoms with Gasteiger partial charge in [-0.3, -0.25) is 23.9 Å². The summed E-state index contributed by atoms with van der Waals surface area (Å²) in [6.07, 6.45) is 16.0. The number of aliphatic carboxylic acids is 1. The second-order valence-electron chi connectivity index (χ2n) is 14.2. The lowest BCUT2D eigenvalue weighted by atomic mass is 9.89. The fourth-order valence-corrected chi connectivity index (χ4v) is 9.94. The molecule has 3 aromatic carbocycles. The number of carbonyl (C=O) groups excluding carboxylic acids is 1. The van der Waals surface area contributed by atoms with Crippen LogP contribution in [0, 0.1) is 5.92 Å². The van der Waals surface area contributed by atoms with Crippen molar-refractivity contribution in [2.45, 2.75) is 53.5 Å². The average molecular weight is 798 g/mol. The van der Waals surface area contributed by atoms with Crippen molar-refractivity contribution in [1.29, 1.82) is 0 Å². The quantitative estimate of drug-likeness (QED) is 0.127. The molecule has 7 nitrogen and oxygen atoms in total. The molecule has 1 aromatic heterocycles. The summed E-state index contributed by atoms with van der Waals surface area (Å²) in [7, 11) is 0. The van der Waals surface area contributed by atoms with Crippen molar-refractivity contribution in [2.75, 3.05) is 11.4 Å². The number of benzene rings is 3. The van der Waals surface area contributed by atoms with Crippen molar-refractivity contribution in [3.63, 3.8) is 0 Å². The third kappa shape index (κ3) is 8.14. The number of carbonyl (C=O) groups is 2. The number of rotatable bonds is 10. The Labute approximate surface area is 340 Å². The standard InChI is InChI=1S/C46H43N3O4S3/c1-5-47-44(53)42(56-46(47)54)45-48(28-40(50)51)43(52)39(55-45)27-32-16-18-35(19-17-32)41(34-11-7-6-8-12-34)31(4)33-20-24-37(25-21-33)49(36-22-14-29(2)15-23-36)38-13-9-10-30(3)26-38/h6-14,16-22,24-25,27,30H,5,15,23,26,28H2,1-4H3,(H,50,51)/b39-27+,41-31+,45-42-. The van der Waals surface area contributed by atoms with Gasteiger partial charge >= 0.3 is 5.97 Å². The summed E-state index contributed by atoms with van der Waals surface area (Å²) in [5, 5.41) is 9.62. The first-order valence-electron chi connectivity index (χ1n) is 18.7. The van der Waals surface area contributed by atoms with Gasteiger partial charge in [0.25, 0.3) is 11.5 Å². The molecule has 1 unspecified atom stereocenters. The molecule has 7 rings (SSSR count). The number of hydrogen-bond donors (Lipinski definition) is 1.